The Morgan fingerprint density at radius 3 is 2.64 bits per heavy atom. The first-order chi connectivity index (χ1) is 16.1. The van der Waals surface area contributed by atoms with Crippen LogP contribution in [0, 0.1) is 28.2 Å². The largest absolute Gasteiger partial charge is 0.710 e. The Morgan fingerprint density at radius 1 is 1.21 bits per heavy atom. The SMILES string of the molecule is [2H][C@H](NC(=O)Cc1c(C#N)cc(F)c(NCC(F)(F)c2ccccn2)[n+]1[O-])c1ncccc1F. The van der Waals surface area contributed by atoms with E-state index in [1.54, 1.807) is 6.07 Å². The molecule has 3 aromatic rings. The van der Waals surface area contributed by atoms with Gasteiger partial charge in [-0.25, -0.2) is 9.12 Å². The van der Waals surface area contributed by atoms with Gasteiger partial charge in [0.2, 0.25) is 11.7 Å². The van der Waals surface area contributed by atoms with Crippen LogP contribution in [0.15, 0.2) is 48.8 Å². The number of rotatable bonds is 8. The van der Waals surface area contributed by atoms with Crippen molar-refractivity contribution in [3.05, 3.63) is 88.3 Å². The molecule has 1 atom stereocenters. The number of carbonyl (C=O) groups excluding carboxylic acids is 1. The van der Waals surface area contributed by atoms with Gasteiger partial charge in [-0.2, -0.15) is 18.4 Å². The average Bonchev–Trinajstić information content (AvgIpc) is 2.81. The fourth-order valence-corrected chi connectivity index (χ4v) is 2.76. The Morgan fingerprint density at radius 2 is 1.97 bits per heavy atom. The van der Waals surface area contributed by atoms with Crippen LogP contribution in [0.25, 0.3) is 0 Å². The standard InChI is InChI=1S/C21H16F4N6O2/c22-14-4-3-7-27-16(14)11-29-19(32)9-17-13(10-26)8-15(23)20(31(17)33)30-12-21(24,25)18-5-1-2-6-28-18/h1-8,30H,9,11-12H2,(H,29,32)/i11D/t11-/m0/s1. The number of hydrogen-bond donors (Lipinski definition) is 2. The number of carbonyl (C=O) groups is 1. The number of nitrogens with zero attached hydrogens (tertiary/aromatic N) is 4. The van der Waals surface area contributed by atoms with Crippen LogP contribution in [0.3, 0.4) is 0 Å². The first kappa shape index (κ1) is 21.9. The van der Waals surface area contributed by atoms with Crippen LogP contribution < -0.4 is 15.4 Å². The summed E-state index contributed by atoms with van der Waals surface area (Å²) in [6.45, 7) is -2.83. The maximum atomic E-state index is 14.4. The molecule has 3 rings (SSSR count). The Bertz CT molecular complexity index is 1240. The Labute approximate surface area is 186 Å². The number of amides is 1. The predicted octanol–water partition coefficient (Wildman–Crippen LogP) is 2.32. The molecule has 0 unspecified atom stereocenters. The van der Waals surface area contributed by atoms with Gasteiger partial charge in [0.05, 0.1) is 25.6 Å². The van der Waals surface area contributed by atoms with E-state index in [0.29, 0.717) is 6.07 Å². The second kappa shape index (κ2) is 9.90. The molecule has 170 valence electrons. The molecule has 8 nitrogen and oxygen atoms in total. The molecule has 0 aromatic carbocycles. The van der Waals surface area contributed by atoms with E-state index in [-0.39, 0.29) is 10.4 Å². The van der Waals surface area contributed by atoms with Crippen molar-refractivity contribution in [1.82, 2.24) is 15.3 Å². The van der Waals surface area contributed by atoms with Gasteiger partial charge in [0.25, 0.3) is 0 Å². The van der Waals surface area contributed by atoms with Gasteiger partial charge in [-0.15, -0.1) is 0 Å². The Hall–Kier alpha value is -4.27. The van der Waals surface area contributed by atoms with E-state index >= 15 is 0 Å². The zero-order valence-corrected chi connectivity index (χ0v) is 16.7. The zero-order chi connectivity index (χ0) is 24.9. The van der Waals surface area contributed by atoms with Gasteiger partial charge in [0.1, 0.15) is 23.3 Å². The van der Waals surface area contributed by atoms with Crippen molar-refractivity contribution >= 4 is 11.7 Å². The average molecular weight is 461 g/mol. The van der Waals surface area contributed by atoms with Crippen LogP contribution in [0.5, 0.6) is 0 Å². The molecule has 0 spiro atoms. The molecule has 33 heavy (non-hydrogen) atoms. The number of hydrogen-bond acceptors (Lipinski definition) is 6. The first-order valence-corrected chi connectivity index (χ1v) is 9.34. The van der Waals surface area contributed by atoms with Crippen molar-refractivity contribution < 1.29 is 28.5 Å². The van der Waals surface area contributed by atoms with Crippen molar-refractivity contribution in [3.8, 4) is 6.07 Å². The van der Waals surface area contributed by atoms with Crippen LogP contribution in [-0.4, -0.2) is 22.4 Å². The number of halogens is 4. The summed E-state index contributed by atoms with van der Waals surface area (Å²) < 4.78 is 64.6. The molecule has 12 heteroatoms. The maximum absolute atomic E-state index is 14.4. The lowest BCUT2D eigenvalue weighted by Crippen LogP contribution is -2.42. The van der Waals surface area contributed by atoms with E-state index < -0.39 is 65.7 Å². The number of pyridine rings is 3. The van der Waals surface area contributed by atoms with Gasteiger partial charge in [-0.05, 0) is 24.3 Å². The summed E-state index contributed by atoms with van der Waals surface area (Å²) in [4.78, 5) is 19.5. The van der Waals surface area contributed by atoms with Crippen molar-refractivity contribution in [1.29, 1.82) is 5.26 Å². The van der Waals surface area contributed by atoms with Crippen LogP contribution in [-0.2, 0) is 23.7 Å². The number of alkyl halides is 2. The highest BCUT2D eigenvalue weighted by Crippen LogP contribution is 2.26. The third kappa shape index (κ3) is 5.51. The summed E-state index contributed by atoms with van der Waals surface area (Å²) in [6.07, 6.45) is 1.54. The lowest BCUT2D eigenvalue weighted by Gasteiger charge is -2.18. The molecule has 0 bridgehead atoms. The molecule has 0 aliphatic heterocycles. The van der Waals surface area contributed by atoms with Crippen LogP contribution in [0.1, 0.15) is 24.0 Å². The van der Waals surface area contributed by atoms with Crippen LogP contribution >= 0.6 is 0 Å². The van der Waals surface area contributed by atoms with Crippen molar-refractivity contribution in [2.75, 3.05) is 11.9 Å². The molecule has 0 fully saturated rings. The lowest BCUT2D eigenvalue weighted by molar-refractivity contribution is -0.600. The molecule has 0 saturated carbocycles. The van der Waals surface area contributed by atoms with Gasteiger partial charge >= 0.3 is 11.7 Å². The molecule has 0 aliphatic rings. The van der Waals surface area contributed by atoms with Crippen LogP contribution in [0.2, 0.25) is 0 Å². The van der Waals surface area contributed by atoms with E-state index in [9.17, 15) is 32.8 Å². The smallest absolute Gasteiger partial charge is 0.325 e. The highest BCUT2D eigenvalue weighted by molar-refractivity contribution is 5.78. The minimum absolute atomic E-state index is 0.178. The van der Waals surface area contributed by atoms with Crippen LogP contribution in [0.4, 0.5) is 23.4 Å². The second-order valence-corrected chi connectivity index (χ2v) is 6.64. The summed E-state index contributed by atoms with van der Waals surface area (Å²) in [5.74, 6) is -7.63. The normalized spacial score (nSPS) is 12.4. The van der Waals surface area contributed by atoms with Gasteiger partial charge in [0, 0.05) is 18.5 Å². The quantitative estimate of drug-likeness (QED) is 0.302. The fraction of sp³-hybridized carbons (Fsp3) is 0.190. The summed E-state index contributed by atoms with van der Waals surface area (Å²) in [6, 6.07) is 8.32. The van der Waals surface area contributed by atoms with E-state index in [4.69, 9.17) is 1.37 Å². The molecule has 1 amide bonds. The third-order valence-corrected chi connectivity index (χ3v) is 4.38. The van der Waals surface area contributed by atoms with E-state index in [0.717, 1.165) is 18.3 Å². The zero-order valence-electron chi connectivity index (χ0n) is 17.7. The van der Waals surface area contributed by atoms with Crippen molar-refractivity contribution in [2.45, 2.75) is 18.9 Å². The second-order valence-electron chi connectivity index (χ2n) is 6.64. The molecule has 0 saturated heterocycles. The highest BCUT2D eigenvalue weighted by atomic mass is 19.3. The minimum Gasteiger partial charge on any atom is -0.710 e. The molecular formula is C21H16F4N6O2. The Balaban J connectivity index is 1.81. The topological polar surface area (TPSA) is 118 Å². The number of nitriles is 1. The molecule has 0 radical (unpaired) electrons. The van der Waals surface area contributed by atoms with Crippen molar-refractivity contribution in [2.24, 2.45) is 0 Å². The van der Waals surface area contributed by atoms with E-state index in [1.165, 1.54) is 24.4 Å². The Kier molecular flexibility index (Phi) is 6.58. The molecule has 2 N–H and O–H groups in total. The third-order valence-electron chi connectivity index (χ3n) is 4.38. The summed E-state index contributed by atoms with van der Waals surface area (Å²) in [7, 11) is 0. The lowest BCUT2D eigenvalue weighted by atomic mass is 10.1. The molecule has 3 aromatic heterocycles. The van der Waals surface area contributed by atoms with Gasteiger partial charge in [-0.3, -0.25) is 20.1 Å². The molecule has 3 heterocycles. The number of nitrogens with one attached hydrogen (secondary N) is 2. The summed E-state index contributed by atoms with van der Waals surface area (Å²) in [5.41, 5.74) is -2.07. The van der Waals surface area contributed by atoms with Crippen molar-refractivity contribution in [3.63, 3.8) is 0 Å². The monoisotopic (exact) mass is 461 g/mol. The summed E-state index contributed by atoms with van der Waals surface area (Å²) in [5, 5.41) is 26.0. The minimum atomic E-state index is -3.57. The highest BCUT2D eigenvalue weighted by Gasteiger charge is 2.36. The number of anilines is 1. The molecule has 0 aliphatic carbocycles. The van der Waals surface area contributed by atoms with Gasteiger partial charge in [0.15, 0.2) is 6.54 Å². The number of aromatic nitrogens is 3. The summed E-state index contributed by atoms with van der Waals surface area (Å²) >= 11 is 0. The predicted molar refractivity (Wildman–Crippen MR) is 106 cm³/mol. The maximum Gasteiger partial charge on any atom is 0.325 e. The fourth-order valence-electron chi connectivity index (χ4n) is 2.76. The molecular weight excluding hydrogens is 444 g/mol. The van der Waals surface area contributed by atoms with E-state index in [1.807, 2.05) is 5.32 Å². The van der Waals surface area contributed by atoms with E-state index in [2.05, 4.69) is 15.3 Å². The van der Waals surface area contributed by atoms with Gasteiger partial charge < -0.3 is 10.5 Å². The first-order valence-electron chi connectivity index (χ1n) is 9.92. The van der Waals surface area contributed by atoms with Gasteiger partial charge in [-0.1, -0.05) is 6.07 Å².